The Balaban J connectivity index is 2.24. The van der Waals surface area contributed by atoms with E-state index in [1.54, 1.807) is 43.3 Å². The molecule has 0 fully saturated rings. The lowest BCUT2D eigenvalue weighted by atomic mass is 10.0. The third-order valence-corrected chi connectivity index (χ3v) is 6.83. The van der Waals surface area contributed by atoms with E-state index < -0.39 is 38.4 Å². The molecular formula is C21H28N2O6S2. The molecule has 170 valence electrons. The number of rotatable bonds is 10. The zero-order valence-corrected chi connectivity index (χ0v) is 19.7. The van der Waals surface area contributed by atoms with Crippen LogP contribution in [0, 0.1) is 0 Å². The minimum atomic E-state index is -3.76. The third kappa shape index (κ3) is 6.70. The van der Waals surface area contributed by atoms with Crippen LogP contribution in [-0.4, -0.2) is 48.4 Å². The molecule has 0 heterocycles. The van der Waals surface area contributed by atoms with E-state index in [2.05, 4.69) is 5.32 Å². The van der Waals surface area contributed by atoms with Crippen LogP contribution in [0.25, 0.3) is 0 Å². The first-order valence-electron chi connectivity index (χ1n) is 9.76. The summed E-state index contributed by atoms with van der Waals surface area (Å²) in [5, 5.41) is 2.83. The number of carbonyl (C=O) groups is 1. The van der Waals surface area contributed by atoms with Gasteiger partial charge in [0.25, 0.3) is 0 Å². The lowest BCUT2D eigenvalue weighted by Gasteiger charge is -2.25. The topological polar surface area (TPSA) is 110 Å². The van der Waals surface area contributed by atoms with Crippen LogP contribution in [0.3, 0.4) is 0 Å². The van der Waals surface area contributed by atoms with Crippen molar-refractivity contribution >= 4 is 31.5 Å². The van der Waals surface area contributed by atoms with Crippen LogP contribution in [0.1, 0.15) is 31.9 Å². The molecule has 0 aromatic heterocycles. The number of hydrogen-bond donors (Lipinski definition) is 1. The van der Waals surface area contributed by atoms with Gasteiger partial charge >= 0.3 is 0 Å². The second kappa shape index (κ2) is 10.1. The van der Waals surface area contributed by atoms with Gasteiger partial charge in [0.2, 0.25) is 15.9 Å². The molecule has 1 atom stereocenters. The summed E-state index contributed by atoms with van der Waals surface area (Å²) in [6.45, 7) is 3.59. The van der Waals surface area contributed by atoms with Crippen molar-refractivity contribution in [3.8, 4) is 5.75 Å². The third-order valence-electron chi connectivity index (χ3n) is 4.58. The monoisotopic (exact) mass is 468 g/mol. The number of sulfonamides is 1. The minimum absolute atomic E-state index is 0.188. The van der Waals surface area contributed by atoms with E-state index in [1.165, 1.54) is 12.1 Å². The van der Waals surface area contributed by atoms with Crippen molar-refractivity contribution in [3.05, 3.63) is 54.1 Å². The fourth-order valence-electron chi connectivity index (χ4n) is 3.06. The van der Waals surface area contributed by atoms with E-state index in [-0.39, 0.29) is 10.6 Å². The first-order valence-corrected chi connectivity index (χ1v) is 13.5. The molecule has 2 rings (SSSR count). The zero-order valence-electron chi connectivity index (χ0n) is 18.0. The maximum absolute atomic E-state index is 12.8. The SMILES string of the molecule is CCOc1ccccc1N(CC(=O)NC(CC)c1ccc(S(C)(=O)=O)cc1)S(C)(=O)=O. The fraction of sp³-hybridized carbons (Fsp3) is 0.381. The number of anilines is 1. The number of ether oxygens (including phenoxy) is 1. The number of nitrogens with one attached hydrogen (secondary N) is 1. The van der Waals surface area contributed by atoms with Crippen molar-refractivity contribution in [2.24, 2.45) is 0 Å². The molecular weight excluding hydrogens is 440 g/mol. The van der Waals surface area contributed by atoms with Gasteiger partial charge in [0.1, 0.15) is 12.3 Å². The van der Waals surface area contributed by atoms with Crippen molar-refractivity contribution in [1.82, 2.24) is 5.32 Å². The molecule has 8 nitrogen and oxygen atoms in total. The average Bonchev–Trinajstić information content (AvgIpc) is 2.70. The Bertz CT molecular complexity index is 1110. The Hall–Kier alpha value is -2.59. The van der Waals surface area contributed by atoms with E-state index in [0.717, 1.165) is 22.4 Å². The lowest BCUT2D eigenvalue weighted by Crippen LogP contribution is -2.41. The molecule has 0 saturated heterocycles. The lowest BCUT2D eigenvalue weighted by molar-refractivity contribution is -0.120. The first-order chi connectivity index (χ1) is 14.5. The Morgan fingerprint density at radius 3 is 2.13 bits per heavy atom. The fourth-order valence-corrected chi connectivity index (χ4v) is 4.55. The number of carbonyl (C=O) groups excluding carboxylic acids is 1. The van der Waals surface area contributed by atoms with E-state index >= 15 is 0 Å². The van der Waals surface area contributed by atoms with Crippen molar-refractivity contribution < 1.29 is 26.4 Å². The number of amides is 1. The predicted octanol–water partition coefficient (Wildman–Crippen LogP) is 2.52. The summed E-state index contributed by atoms with van der Waals surface area (Å²) < 4.78 is 54.6. The smallest absolute Gasteiger partial charge is 0.241 e. The summed E-state index contributed by atoms with van der Waals surface area (Å²) in [4.78, 5) is 12.9. The standard InChI is InChI=1S/C21H28N2O6S2/c1-5-18(16-11-13-17(14-12-16)30(3,25)26)22-21(24)15-23(31(4,27)28)19-9-7-8-10-20(19)29-6-2/h7-14,18H,5-6,15H2,1-4H3,(H,22,24). The number of para-hydroxylation sites is 2. The summed E-state index contributed by atoms with van der Waals surface area (Å²) in [6.07, 6.45) is 2.70. The molecule has 2 aromatic carbocycles. The molecule has 1 N–H and O–H groups in total. The van der Waals surface area contributed by atoms with E-state index in [0.29, 0.717) is 18.8 Å². The van der Waals surface area contributed by atoms with Crippen molar-refractivity contribution in [2.75, 3.05) is 30.0 Å². The van der Waals surface area contributed by atoms with Gasteiger partial charge in [0.05, 0.1) is 29.5 Å². The molecule has 2 aromatic rings. The number of sulfone groups is 1. The van der Waals surface area contributed by atoms with E-state index in [9.17, 15) is 21.6 Å². The van der Waals surface area contributed by atoms with Gasteiger partial charge in [0.15, 0.2) is 9.84 Å². The Kier molecular flexibility index (Phi) is 8.08. The highest BCUT2D eigenvalue weighted by molar-refractivity contribution is 7.92. The van der Waals surface area contributed by atoms with Crippen molar-refractivity contribution in [2.45, 2.75) is 31.2 Å². The normalized spacial score (nSPS) is 12.8. The quantitative estimate of drug-likeness (QED) is 0.574. The molecule has 0 radical (unpaired) electrons. The van der Waals surface area contributed by atoms with Gasteiger partial charge in [-0.05, 0) is 43.2 Å². The maximum atomic E-state index is 12.8. The summed E-state index contributed by atoms with van der Waals surface area (Å²) in [5.74, 6) is -0.123. The number of hydrogen-bond acceptors (Lipinski definition) is 6. The zero-order chi connectivity index (χ0) is 23.2. The predicted molar refractivity (Wildman–Crippen MR) is 121 cm³/mol. The van der Waals surface area contributed by atoms with Gasteiger partial charge in [-0.15, -0.1) is 0 Å². The molecule has 0 bridgehead atoms. The molecule has 0 aliphatic heterocycles. The van der Waals surface area contributed by atoms with Crippen LogP contribution >= 0.6 is 0 Å². The first kappa shape index (κ1) is 24.7. The Morgan fingerprint density at radius 2 is 1.61 bits per heavy atom. The second-order valence-electron chi connectivity index (χ2n) is 7.04. The number of benzene rings is 2. The minimum Gasteiger partial charge on any atom is -0.492 e. The van der Waals surface area contributed by atoms with Crippen LogP contribution in [0.4, 0.5) is 5.69 Å². The van der Waals surface area contributed by atoms with Crippen LogP contribution < -0.4 is 14.4 Å². The average molecular weight is 469 g/mol. The van der Waals surface area contributed by atoms with Gasteiger partial charge in [0, 0.05) is 6.26 Å². The Morgan fingerprint density at radius 1 is 1.00 bits per heavy atom. The van der Waals surface area contributed by atoms with Crippen molar-refractivity contribution in [3.63, 3.8) is 0 Å². The highest BCUT2D eigenvalue weighted by atomic mass is 32.2. The van der Waals surface area contributed by atoms with E-state index in [4.69, 9.17) is 4.74 Å². The van der Waals surface area contributed by atoms with Crippen LogP contribution in [0.5, 0.6) is 5.75 Å². The van der Waals surface area contributed by atoms with Crippen LogP contribution in [-0.2, 0) is 24.7 Å². The largest absolute Gasteiger partial charge is 0.492 e. The highest BCUT2D eigenvalue weighted by Gasteiger charge is 2.25. The molecule has 31 heavy (non-hydrogen) atoms. The summed E-state index contributed by atoms with van der Waals surface area (Å²) in [7, 11) is -7.08. The second-order valence-corrected chi connectivity index (χ2v) is 11.0. The molecule has 10 heteroatoms. The van der Waals surface area contributed by atoms with Gasteiger partial charge in [-0.2, -0.15) is 0 Å². The number of nitrogens with zero attached hydrogens (tertiary/aromatic N) is 1. The van der Waals surface area contributed by atoms with Crippen LogP contribution in [0.2, 0.25) is 0 Å². The molecule has 1 amide bonds. The molecule has 0 spiro atoms. The van der Waals surface area contributed by atoms with Gasteiger partial charge in [-0.25, -0.2) is 16.8 Å². The summed E-state index contributed by atoms with van der Waals surface area (Å²) in [5.41, 5.74) is 1.01. The summed E-state index contributed by atoms with van der Waals surface area (Å²) in [6, 6.07) is 12.5. The molecule has 0 aliphatic rings. The molecule has 1 unspecified atom stereocenters. The maximum Gasteiger partial charge on any atom is 0.241 e. The van der Waals surface area contributed by atoms with E-state index in [1.807, 2.05) is 6.92 Å². The van der Waals surface area contributed by atoms with Gasteiger partial charge < -0.3 is 10.1 Å². The molecule has 0 saturated carbocycles. The molecule has 0 aliphatic carbocycles. The summed E-state index contributed by atoms with van der Waals surface area (Å²) >= 11 is 0. The van der Waals surface area contributed by atoms with Gasteiger partial charge in [-0.1, -0.05) is 31.2 Å². The van der Waals surface area contributed by atoms with Gasteiger partial charge in [-0.3, -0.25) is 9.10 Å². The Labute approximate surface area is 184 Å². The van der Waals surface area contributed by atoms with Crippen molar-refractivity contribution in [1.29, 1.82) is 0 Å². The highest BCUT2D eigenvalue weighted by Crippen LogP contribution is 2.30. The van der Waals surface area contributed by atoms with Crippen LogP contribution in [0.15, 0.2) is 53.4 Å².